The molecule has 0 spiro atoms. The number of hydrogen-bond acceptors (Lipinski definition) is 3. The highest BCUT2D eigenvalue weighted by molar-refractivity contribution is 5.66. The molecule has 4 heteroatoms. The number of aliphatic carboxylic acids is 1. The van der Waals surface area contributed by atoms with Gasteiger partial charge in [-0.25, -0.2) is 0 Å². The van der Waals surface area contributed by atoms with Gasteiger partial charge in [0.15, 0.2) is 0 Å². The molecule has 0 heterocycles. The zero-order valence-electron chi connectivity index (χ0n) is 12.1. The number of carboxylic acid groups (broad SMARTS) is 1. The van der Waals surface area contributed by atoms with Gasteiger partial charge < -0.3 is 14.7 Å². The Morgan fingerprint density at radius 1 is 1.47 bits per heavy atom. The number of carbonyl (C=O) groups is 1. The van der Waals surface area contributed by atoms with Crippen LogP contribution in [-0.2, 0) is 11.3 Å². The molecule has 19 heavy (non-hydrogen) atoms. The van der Waals surface area contributed by atoms with Crippen molar-refractivity contribution in [1.82, 2.24) is 4.90 Å². The summed E-state index contributed by atoms with van der Waals surface area (Å²) in [7, 11) is 3.67. The summed E-state index contributed by atoms with van der Waals surface area (Å²) in [6.07, 6.45) is 0.204. The number of nitrogens with zero attached hydrogens (tertiary/aromatic N) is 1. The molecule has 1 unspecified atom stereocenters. The van der Waals surface area contributed by atoms with Crippen LogP contribution in [-0.4, -0.2) is 36.7 Å². The second-order valence-electron chi connectivity index (χ2n) is 5.22. The summed E-state index contributed by atoms with van der Waals surface area (Å²) in [6, 6.07) is 6.10. The molecule has 0 amide bonds. The summed E-state index contributed by atoms with van der Waals surface area (Å²) in [5.41, 5.74) is 2.33. The van der Waals surface area contributed by atoms with Crippen molar-refractivity contribution in [3.63, 3.8) is 0 Å². The number of methoxy groups -OCH3 is 1. The van der Waals surface area contributed by atoms with Crippen LogP contribution in [0.2, 0.25) is 0 Å². The Bertz CT molecular complexity index is 431. The van der Waals surface area contributed by atoms with Gasteiger partial charge in [0, 0.05) is 25.1 Å². The highest BCUT2D eigenvalue weighted by Gasteiger charge is 2.12. The van der Waals surface area contributed by atoms with Crippen LogP contribution in [0.15, 0.2) is 18.2 Å². The van der Waals surface area contributed by atoms with Crippen LogP contribution in [0.5, 0.6) is 5.75 Å². The Labute approximate surface area is 115 Å². The third-order valence-electron chi connectivity index (χ3n) is 3.02. The van der Waals surface area contributed by atoms with Crippen molar-refractivity contribution in [2.24, 2.45) is 5.92 Å². The van der Waals surface area contributed by atoms with Crippen molar-refractivity contribution in [3.8, 4) is 5.75 Å². The molecule has 0 aliphatic carbocycles. The van der Waals surface area contributed by atoms with Crippen molar-refractivity contribution in [3.05, 3.63) is 29.3 Å². The van der Waals surface area contributed by atoms with Crippen LogP contribution >= 0.6 is 0 Å². The van der Waals surface area contributed by atoms with Gasteiger partial charge in [-0.2, -0.15) is 0 Å². The Kier molecular flexibility index (Phi) is 5.83. The molecular weight excluding hydrogens is 242 g/mol. The SMILES string of the molecule is COc1ccc(C)cc1CN(C)CC(C)CC(=O)O. The molecule has 106 valence electrons. The predicted octanol–water partition coefficient (Wildman–Crippen LogP) is 2.55. The van der Waals surface area contributed by atoms with Crippen molar-refractivity contribution in [2.75, 3.05) is 20.7 Å². The lowest BCUT2D eigenvalue weighted by atomic mass is 10.1. The first-order valence-corrected chi connectivity index (χ1v) is 6.46. The van der Waals surface area contributed by atoms with Crippen LogP contribution < -0.4 is 4.74 Å². The van der Waals surface area contributed by atoms with Gasteiger partial charge in [-0.15, -0.1) is 0 Å². The van der Waals surface area contributed by atoms with Gasteiger partial charge in [-0.3, -0.25) is 4.79 Å². The minimum atomic E-state index is -0.742. The topological polar surface area (TPSA) is 49.8 Å². The van der Waals surface area contributed by atoms with E-state index >= 15 is 0 Å². The van der Waals surface area contributed by atoms with E-state index in [2.05, 4.69) is 17.9 Å². The maximum absolute atomic E-state index is 10.7. The zero-order valence-corrected chi connectivity index (χ0v) is 12.1. The summed E-state index contributed by atoms with van der Waals surface area (Å²) >= 11 is 0. The first-order valence-electron chi connectivity index (χ1n) is 6.46. The van der Waals surface area contributed by atoms with E-state index in [1.165, 1.54) is 5.56 Å². The summed E-state index contributed by atoms with van der Waals surface area (Å²) in [4.78, 5) is 12.8. The molecule has 0 saturated carbocycles. The fourth-order valence-corrected chi connectivity index (χ4v) is 2.28. The van der Waals surface area contributed by atoms with E-state index in [1.54, 1.807) is 7.11 Å². The molecule has 0 bridgehead atoms. The van der Waals surface area contributed by atoms with E-state index in [-0.39, 0.29) is 12.3 Å². The van der Waals surface area contributed by atoms with Crippen molar-refractivity contribution >= 4 is 5.97 Å². The number of carboxylic acids is 1. The lowest BCUT2D eigenvalue weighted by molar-refractivity contribution is -0.138. The number of benzene rings is 1. The monoisotopic (exact) mass is 265 g/mol. The van der Waals surface area contributed by atoms with Gasteiger partial charge in [0.25, 0.3) is 0 Å². The average molecular weight is 265 g/mol. The van der Waals surface area contributed by atoms with E-state index in [9.17, 15) is 4.79 Å². The quantitative estimate of drug-likeness (QED) is 0.823. The smallest absolute Gasteiger partial charge is 0.303 e. The highest BCUT2D eigenvalue weighted by atomic mass is 16.5. The Morgan fingerprint density at radius 2 is 2.16 bits per heavy atom. The second kappa shape index (κ2) is 7.14. The lowest BCUT2D eigenvalue weighted by Crippen LogP contribution is -2.25. The molecule has 4 nitrogen and oxygen atoms in total. The summed E-state index contributed by atoms with van der Waals surface area (Å²) in [6.45, 7) is 5.52. The Balaban J connectivity index is 2.63. The molecule has 1 N–H and O–H groups in total. The van der Waals surface area contributed by atoms with Gasteiger partial charge in [-0.1, -0.05) is 24.6 Å². The summed E-state index contributed by atoms with van der Waals surface area (Å²) < 4.78 is 5.35. The third-order valence-corrected chi connectivity index (χ3v) is 3.02. The van der Waals surface area contributed by atoms with E-state index in [0.717, 1.165) is 24.4 Å². The highest BCUT2D eigenvalue weighted by Crippen LogP contribution is 2.21. The van der Waals surface area contributed by atoms with E-state index in [4.69, 9.17) is 9.84 Å². The summed E-state index contributed by atoms with van der Waals surface area (Å²) in [5.74, 6) is 0.274. The largest absolute Gasteiger partial charge is 0.496 e. The van der Waals surface area contributed by atoms with Crippen molar-refractivity contribution in [2.45, 2.75) is 26.8 Å². The van der Waals surface area contributed by atoms with Crippen molar-refractivity contribution in [1.29, 1.82) is 0 Å². The number of ether oxygens (including phenoxy) is 1. The third kappa shape index (κ3) is 5.30. The lowest BCUT2D eigenvalue weighted by Gasteiger charge is -2.21. The molecule has 0 aromatic heterocycles. The van der Waals surface area contributed by atoms with Gasteiger partial charge in [0.2, 0.25) is 0 Å². The molecule has 0 saturated heterocycles. The molecule has 1 aromatic carbocycles. The number of aryl methyl sites for hydroxylation is 1. The van der Waals surface area contributed by atoms with Gasteiger partial charge in [-0.05, 0) is 26.0 Å². The van der Waals surface area contributed by atoms with Gasteiger partial charge >= 0.3 is 5.97 Å². The predicted molar refractivity (Wildman–Crippen MR) is 75.5 cm³/mol. The van der Waals surface area contributed by atoms with E-state index in [1.807, 2.05) is 26.1 Å². The zero-order chi connectivity index (χ0) is 14.4. The summed E-state index contributed by atoms with van der Waals surface area (Å²) in [5, 5.41) is 8.77. The minimum Gasteiger partial charge on any atom is -0.496 e. The van der Waals surface area contributed by atoms with Crippen LogP contribution in [0.1, 0.15) is 24.5 Å². The molecule has 1 aromatic rings. The molecule has 0 aliphatic rings. The van der Waals surface area contributed by atoms with Crippen LogP contribution in [0.3, 0.4) is 0 Å². The van der Waals surface area contributed by atoms with E-state index < -0.39 is 5.97 Å². The van der Waals surface area contributed by atoms with Crippen LogP contribution in [0, 0.1) is 12.8 Å². The maximum atomic E-state index is 10.7. The molecule has 0 aliphatic heterocycles. The van der Waals surface area contributed by atoms with Crippen molar-refractivity contribution < 1.29 is 14.6 Å². The standard InChI is InChI=1S/C15H23NO3/c1-11-5-6-14(19-4)13(7-11)10-16(3)9-12(2)8-15(17)18/h5-7,12H,8-10H2,1-4H3,(H,17,18). The van der Waals surface area contributed by atoms with Gasteiger partial charge in [0.1, 0.15) is 5.75 Å². The fraction of sp³-hybridized carbons (Fsp3) is 0.533. The molecule has 0 radical (unpaired) electrons. The first-order chi connectivity index (χ1) is 8.92. The molecule has 0 fully saturated rings. The molecule has 1 rings (SSSR count). The molecule has 1 atom stereocenters. The van der Waals surface area contributed by atoms with Gasteiger partial charge in [0.05, 0.1) is 7.11 Å². The number of hydrogen-bond donors (Lipinski definition) is 1. The Hall–Kier alpha value is -1.55. The minimum absolute atomic E-state index is 0.137. The second-order valence-corrected chi connectivity index (χ2v) is 5.22. The molecular formula is C15H23NO3. The van der Waals surface area contributed by atoms with Crippen LogP contribution in [0.25, 0.3) is 0 Å². The maximum Gasteiger partial charge on any atom is 0.303 e. The average Bonchev–Trinajstić information content (AvgIpc) is 2.27. The van der Waals surface area contributed by atoms with Crippen LogP contribution in [0.4, 0.5) is 0 Å². The normalized spacial score (nSPS) is 12.5. The Morgan fingerprint density at radius 3 is 2.74 bits per heavy atom. The fourth-order valence-electron chi connectivity index (χ4n) is 2.28. The number of rotatable bonds is 7. The van der Waals surface area contributed by atoms with E-state index in [0.29, 0.717) is 0 Å². The first kappa shape index (κ1) is 15.5.